The van der Waals surface area contributed by atoms with Crippen LogP contribution in [0.2, 0.25) is 5.02 Å². The summed E-state index contributed by atoms with van der Waals surface area (Å²) in [5.74, 6) is -3.45. The lowest BCUT2D eigenvalue weighted by atomic mass is 9.99. The molecule has 0 saturated carbocycles. The van der Waals surface area contributed by atoms with E-state index >= 15 is 4.39 Å². The second-order valence-electron chi connectivity index (χ2n) is 10.4. The average Bonchev–Trinajstić information content (AvgIpc) is 2.97. The van der Waals surface area contributed by atoms with E-state index in [1.807, 2.05) is 0 Å². The topological polar surface area (TPSA) is 109 Å². The number of carbonyl (C=O) groups excluding carboxylic acids is 2. The van der Waals surface area contributed by atoms with Crippen molar-refractivity contribution in [3.63, 3.8) is 0 Å². The third kappa shape index (κ3) is 5.87. The van der Waals surface area contributed by atoms with Crippen LogP contribution in [0.4, 0.5) is 14.5 Å². The van der Waals surface area contributed by atoms with E-state index in [2.05, 4.69) is 4.98 Å². The molecule has 1 fully saturated rings. The highest BCUT2D eigenvalue weighted by molar-refractivity contribution is 6.30. The van der Waals surface area contributed by atoms with Crippen molar-refractivity contribution in [2.24, 2.45) is 5.92 Å². The quantitative estimate of drug-likeness (QED) is 0.398. The van der Waals surface area contributed by atoms with Crippen LogP contribution < -0.4 is 14.4 Å². The Balaban J connectivity index is 1.30. The monoisotopic (exact) mass is 599 g/mol. The fourth-order valence-electron chi connectivity index (χ4n) is 5.08. The lowest BCUT2D eigenvalue weighted by molar-refractivity contribution is -0.142. The van der Waals surface area contributed by atoms with Crippen LogP contribution in [0.5, 0.6) is 11.6 Å². The fraction of sp³-hybridized carbons (Fsp3) is 0.333. The third-order valence-electron chi connectivity index (χ3n) is 7.41. The second kappa shape index (κ2) is 11.9. The molecule has 2 amide bonds. The van der Waals surface area contributed by atoms with Crippen LogP contribution in [-0.2, 0) is 9.59 Å². The molecule has 12 heteroatoms. The lowest BCUT2D eigenvalue weighted by Gasteiger charge is -2.41. The Labute approximate surface area is 245 Å². The Kier molecular flexibility index (Phi) is 8.31. The number of amides is 2. The number of anilines is 1. The molecule has 0 unspecified atom stereocenters. The Morgan fingerprint density at radius 3 is 2.60 bits per heavy atom. The summed E-state index contributed by atoms with van der Waals surface area (Å²) >= 11 is 6.13. The zero-order chi connectivity index (χ0) is 30.1. The van der Waals surface area contributed by atoms with Gasteiger partial charge >= 0.3 is 5.97 Å². The van der Waals surface area contributed by atoms with Crippen LogP contribution in [0.15, 0.2) is 48.7 Å². The van der Waals surface area contributed by atoms with Gasteiger partial charge in [-0.25, -0.2) is 13.8 Å². The van der Waals surface area contributed by atoms with E-state index < -0.39 is 35.5 Å². The Morgan fingerprint density at radius 1 is 1.17 bits per heavy atom. The molecule has 220 valence electrons. The summed E-state index contributed by atoms with van der Waals surface area (Å²) < 4.78 is 40.6. The molecule has 2 aliphatic rings. The fourth-order valence-corrected chi connectivity index (χ4v) is 5.23. The number of benzene rings is 2. The first-order chi connectivity index (χ1) is 20.0. The molecular weight excluding hydrogens is 572 g/mol. The van der Waals surface area contributed by atoms with Gasteiger partial charge in [-0.15, -0.1) is 0 Å². The number of nitrogens with zero attached hydrogens (tertiary/aromatic N) is 3. The summed E-state index contributed by atoms with van der Waals surface area (Å²) in [5, 5.41) is 9.48. The van der Waals surface area contributed by atoms with Crippen molar-refractivity contribution in [1.29, 1.82) is 0 Å². The van der Waals surface area contributed by atoms with Gasteiger partial charge in [-0.05, 0) is 68.7 Å². The Hall–Kier alpha value is -4.25. The Bertz CT molecular complexity index is 1550. The van der Waals surface area contributed by atoms with Gasteiger partial charge in [0.1, 0.15) is 29.7 Å². The summed E-state index contributed by atoms with van der Waals surface area (Å²) in [6.45, 7) is 3.54. The average molecular weight is 600 g/mol. The van der Waals surface area contributed by atoms with Crippen molar-refractivity contribution in [1.82, 2.24) is 9.88 Å². The maximum absolute atomic E-state index is 15.3. The van der Waals surface area contributed by atoms with E-state index in [1.54, 1.807) is 17.9 Å². The van der Waals surface area contributed by atoms with E-state index in [0.29, 0.717) is 29.4 Å². The molecule has 3 aromatic rings. The van der Waals surface area contributed by atoms with E-state index in [4.69, 9.17) is 26.2 Å². The van der Waals surface area contributed by atoms with Crippen molar-refractivity contribution in [3.8, 4) is 22.8 Å². The number of carboxylic acids is 1. The highest BCUT2D eigenvalue weighted by Crippen LogP contribution is 2.38. The molecule has 0 spiro atoms. The minimum atomic E-state index is -1.05. The predicted molar refractivity (Wildman–Crippen MR) is 150 cm³/mol. The van der Waals surface area contributed by atoms with E-state index in [-0.39, 0.29) is 54.1 Å². The Morgan fingerprint density at radius 2 is 1.90 bits per heavy atom. The zero-order valence-electron chi connectivity index (χ0n) is 22.9. The molecule has 9 nitrogen and oxygen atoms in total. The molecule has 1 saturated heterocycles. The van der Waals surface area contributed by atoms with Gasteiger partial charge in [-0.1, -0.05) is 17.7 Å². The first-order valence-corrected chi connectivity index (χ1v) is 13.8. The van der Waals surface area contributed by atoms with E-state index in [0.717, 1.165) is 18.2 Å². The van der Waals surface area contributed by atoms with Crippen LogP contribution in [0.3, 0.4) is 0 Å². The number of piperidine rings is 1. The van der Waals surface area contributed by atoms with Crippen LogP contribution in [-0.4, -0.2) is 64.6 Å². The van der Waals surface area contributed by atoms with Gasteiger partial charge < -0.3 is 24.4 Å². The van der Waals surface area contributed by atoms with Gasteiger partial charge in [0.2, 0.25) is 5.88 Å². The van der Waals surface area contributed by atoms with Crippen LogP contribution >= 0.6 is 11.6 Å². The number of aliphatic carboxylic acids is 1. The number of pyridine rings is 1. The van der Waals surface area contributed by atoms with Crippen molar-refractivity contribution >= 4 is 35.1 Å². The molecule has 2 aliphatic heterocycles. The molecule has 42 heavy (non-hydrogen) atoms. The molecule has 0 radical (unpaired) electrons. The largest absolute Gasteiger partial charge is 0.492 e. The van der Waals surface area contributed by atoms with Crippen LogP contribution in [0.1, 0.15) is 37.0 Å². The van der Waals surface area contributed by atoms with Gasteiger partial charge in [0.05, 0.1) is 16.5 Å². The molecule has 1 N–H and O–H groups in total. The zero-order valence-corrected chi connectivity index (χ0v) is 23.6. The number of carbonyl (C=O) groups is 3. The lowest BCUT2D eigenvalue weighted by Crippen LogP contribution is -2.54. The van der Waals surface area contributed by atoms with Crippen LogP contribution in [0, 0.1) is 17.6 Å². The SMILES string of the molecule is C[C@@H]1Oc2ncc(Cl)cc2N(C2CCN(C(=O)c3ccc(-c4cc(F)ccc4OC[C@H](C)C(=O)O)cc3F)CC2)C1=O. The van der Waals surface area contributed by atoms with Gasteiger partial charge in [0, 0.05) is 30.9 Å². The molecule has 3 heterocycles. The van der Waals surface area contributed by atoms with Crippen molar-refractivity contribution < 1.29 is 37.7 Å². The molecule has 5 rings (SSSR count). The van der Waals surface area contributed by atoms with Crippen LogP contribution in [0.25, 0.3) is 11.1 Å². The smallest absolute Gasteiger partial charge is 0.309 e. The highest BCUT2D eigenvalue weighted by atomic mass is 35.5. The summed E-state index contributed by atoms with van der Waals surface area (Å²) in [5.41, 5.74) is 0.833. The predicted octanol–water partition coefficient (Wildman–Crippen LogP) is 5.20. The number of hydrogen-bond donors (Lipinski definition) is 1. The number of hydrogen-bond acceptors (Lipinski definition) is 6. The van der Waals surface area contributed by atoms with Gasteiger partial charge in [-0.3, -0.25) is 14.4 Å². The van der Waals surface area contributed by atoms with Crippen molar-refractivity contribution in [2.45, 2.75) is 38.8 Å². The summed E-state index contributed by atoms with van der Waals surface area (Å²) in [6, 6.07) is 9.04. The van der Waals surface area contributed by atoms with E-state index in [1.165, 1.54) is 36.2 Å². The first kappa shape index (κ1) is 29.2. The number of carboxylic acid groups (broad SMARTS) is 1. The molecule has 0 aliphatic carbocycles. The van der Waals surface area contributed by atoms with Crippen molar-refractivity contribution in [2.75, 3.05) is 24.6 Å². The number of rotatable bonds is 7. The maximum Gasteiger partial charge on any atom is 0.309 e. The number of aromatic nitrogens is 1. The summed E-state index contributed by atoms with van der Waals surface area (Å²) in [4.78, 5) is 44.8. The van der Waals surface area contributed by atoms with Gasteiger partial charge in [0.25, 0.3) is 11.8 Å². The molecule has 0 bridgehead atoms. The minimum absolute atomic E-state index is 0.145. The molecule has 2 aromatic carbocycles. The number of halogens is 3. The van der Waals surface area contributed by atoms with Crippen molar-refractivity contribution in [3.05, 3.63) is 70.9 Å². The third-order valence-corrected chi connectivity index (χ3v) is 7.62. The summed E-state index contributed by atoms with van der Waals surface area (Å²) in [6.07, 6.45) is 1.64. The molecule has 1 aromatic heterocycles. The van der Waals surface area contributed by atoms with Gasteiger partial charge in [0.15, 0.2) is 6.10 Å². The summed E-state index contributed by atoms with van der Waals surface area (Å²) in [7, 11) is 0. The number of ether oxygens (including phenoxy) is 2. The maximum atomic E-state index is 15.3. The molecular formula is C30H28ClF2N3O6. The molecule has 2 atom stereocenters. The van der Waals surface area contributed by atoms with Gasteiger partial charge in [-0.2, -0.15) is 0 Å². The second-order valence-corrected chi connectivity index (χ2v) is 10.8. The number of fused-ring (bicyclic) bond motifs is 1. The van der Waals surface area contributed by atoms with E-state index in [9.17, 15) is 18.8 Å². The number of likely N-dealkylation sites (tertiary alicyclic amines) is 1. The standard InChI is InChI=1S/C30H28ClF2N3O6/c1-16(30(39)40)15-41-26-6-4-20(32)13-23(26)18-3-5-22(24(33)11-18)29(38)35-9-7-21(8-10-35)36-25-12-19(31)14-34-27(25)42-17(2)28(36)37/h3-6,11-14,16-17,21H,7-10,15H2,1-2H3,(H,39,40)/t16-,17-/m0/s1. The first-order valence-electron chi connectivity index (χ1n) is 13.4. The minimum Gasteiger partial charge on any atom is -0.492 e. The normalized spacial score (nSPS) is 17.8. The highest BCUT2D eigenvalue weighted by Gasteiger charge is 2.39.